The predicted octanol–water partition coefficient (Wildman–Crippen LogP) is 2.54. The molecule has 13 heavy (non-hydrogen) atoms. The van der Waals surface area contributed by atoms with Crippen molar-refractivity contribution in [2.24, 2.45) is 0 Å². The Labute approximate surface area is 86.3 Å². The van der Waals surface area contributed by atoms with E-state index in [1.807, 2.05) is 6.92 Å². The van der Waals surface area contributed by atoms with Crippen molar-refractivity contribution >= 4 is 11.6 Å². The SMILES string of the molecule is CCCCOCCNCC(C)=CCl. The third kappa shape index (κ3) is 9.87. The molecule has 0 saturated carbocycles. The molecule has 0 saturated heterocycles. The van der Waals surface area contributed by atoms with E-state index in [1.165, 1.54) is 6.42 Å². The van der Waals surface area contributed by atoms with Gasteiger partial charge in [-0.25, -0.2) is 0 Å². The van der Waals surface area contributed by atoms with Crippen LogP contribution in [-0.4, -0.2) is 26.3 Å². The van der Waals surface area contributed by atoms with E-state index in [0.717, 1.165) is 38.3 Å². The van der Waals surface area contributed by atoms with Crippen molar-refractivity contribution in [3.05, 3.63) is 11.1 Å². The molecule has 0 atom stereocenters. The average Bonchev–Trinajstić information content (AvgIpc) is 2.16. The van der Waals surface area contributed by atoms with E-state index in [2.05, 4.69) is 12.2 Å². The maximum Gasteiger partial charge on any atom is 0.0591 e. The van der Waals surface area contributed by atoms with E-state index in [9.17, 15) is 0 Å². The quantitative estimate of drug-likeness (QED) is 0.615. The van der Waals surface area contributed by atoms with Crippen molar-refractivity contribution in [1.82, 2.24) is 5.32 Å². The molecule has 0 aromatic heterocycles. The van der Waals surface area contributed by atoms with Crippen molar-refractivity contribution in [2.45, 2.75) is 26.7 Å². The first-order chi connectivity index (χ1) is 6.31. The molecule has 3 heteroatoms. The monoisotopic (exact) mass is 205 g/mol. The molecule has 0 aromatic rings. The summed E-state index contributed by atoms with van der Waals surface area (Å²) in [5.41, 5.74) is 2.75. The zero-order chi connectivity index (χ0) is 9.94. The Morgan fingerprint density at radius 2 is 2.23 bits per heavy atom. The lowest BCUT2D eigenvalue weighted by Crippen LogP contribution is -2.21. The van der Waals surface area contributed by atoms with Crippen LogP contribution in [0.25, 0.3) is 0 Å². The van der Waals surface area contributed by atoms with Crippen molar-refractivity contribution in [3.8, 4) is 0 Å². The molecule has 0 aliphatic heterocycles. The number of halogens is 1. The van der Waals surface area contributed by atoms with Crippen molar-refractivity contribution in [2.75, 3.05) is 26.3 Å². The molecule has 78 valence electrons. The lowest BCUT2D eigenvalue weighted by Gasteiger charge is -2.05. The molecular weight excluding hydrogens is 186 g/mol. The van der Waals surface area contributed by atoms with E-state index >= 15 is 0 Å². The Hall–Kier alpha value is -0.0500. The minimum absolute atomic E-state index is 0.787. The molecule has 0 aliphatic rings. The average molecular weight is 206 g/mol. The number of unbranched alkanes of at least 4 members (excludes halogenated alkanes) is 1. The van der Waals surface area contributed by atoms with Crippen LogP contribution in [0.4, 0.5) is 0 Å². The molecule has 0 heterocycles. The van der Waals surface area contributed by atoms with Gasteiger partial charge in [-0.15, -0.1) is 0 Å². The number of nitrogens with one attached hydrogen (secondary N) is 1. The van der Waals surface area contributed by atoms with Crippen LogP contribution < -0.4 is 5.32 Å². The molecule has 0 fully saturated rings. The van der Waals surface area contributed by atoms with Crippen LogP contribution in [0.1, 0.15) is 26.7 Å². The van der Waals surface area contributed by atoms with Gasteiger partial charge in [0.1, 0.15) is 0 Å². The minimum Gasteiger partial charge on any atom is -0.380 e. The van der Waals surface area contributed by atoms with Gasteiger partial charge in [-0.3, -0.25) is 0 Å². The van der Waals surface area contributed by atoms with Gasteiger partial charge >= 0.3 is 0 Å². The first-order valence-electron chi connectivity index (χ1n) is 4.85. The van der Waals surface area contributed by atoms with Gasteiger partial charge in [0.2, 0.25) is 0 Å². The van der Waals surface area contributed by atoms with E-state index in [-0.39, 0.29) is 0 Å². The summed E-state index contributed by atoms with van der Waals surface area (Å²) in [6.45, 7) is 7.57. The molecule has 0 radical (unpaired) electrons. The Morgan fingerprint density at radius 3 is 2.85 bits per heavy atom. The molecule has 0 aromatic carbocycles. The first-order valence-corrected chi connectivity index (χ1v) is 5.29. The van der Waals surface area contributed by atoms with Gasteiger partial charge in [0.05, 0.1) is 6.61 Å². The summed E-state index contributed by atoms with van der Waals surface area (Å²) in [5.74, 6) is 0. The number of rotatable bonds is 8. The highest BCUT2D eigenvalue weighted by Gasteiger charge is 1.89. The van der Waals surface area contributed by atoms with Crippen molar-refractivity contribution in [3.63, 3.8) is 0 Å². The van der Waals surface area contributed by atoms with Gasteiger partial charge in [0.25, 0.3) is 0 Å². The zero-order valence-corrected chi connectivity index (χ0v) is 9.36. The zero-order valence-electron chi connectivity index (χ0n) is 8.61. The first kappa shape index (κ1) is 12.9. The third-order valence-electron chi connectivity index (χ3n) is 1.66. The summed E-state index contributed by atoms with van der Waals surface area (Å²) < 4.78 is 5.37. The van der Waals surface area contributed by atoms with E-state index < -0.39 is 0 Å². The molecule has 0 amide bonds. The minimum atomic E-state index is 0.787. The van der Waals surface area contributed by atoms with E-state index in [4.69, 9.17) is 16.3 Å². The molecule has 2 nitrogen and oxygen atoms in total. The Kier molecular flexibility index (Phi) is 10.00. The maximum atomic E-state index is 5.50. The highest BCUT2D eigenvalue weighted by atomic mass is 35.5. The summed E-state index contributed by atoms with van der Waals surface area (Å²) in [7, 11) is 0. The number of hydrogen-bond donors (Lipinski definition) is 1. The molecule has 1 N–H and O–H groups in total. The summed E-state index contributed by atoms with van der Waals surface area (Å²) in [4.78, 5) is 0. The number of ether oxygens (including phenoxy) is 1. The van der Waals surface area contributed by atoms with Gasteiger partial charge in [-0.1, -0.05) is 24.9 Å². The van der Waals surface area contributed by atoms with Crippen LogP contribution in [0, 0.1) is 0 Å². The highest BCUT2D eigenvalue weighted by molar-refractivity contribution is 6.25. The van der Waals surface area contributed by atoms with Crippen LogP contribution in [0.5, 0.6) is 0 Å². The van der Waals surface area contributed by atoms with Gasteiger partial charge in [-0.05, 0) is 18.9 Å². The summed E-state index contributed by atoms with van der Waals surface area (Å²) in [5, 5.41) is 3.24. The lowest BCUT2D eigenvalue weighted by atomic mass is 10.3. The van der Waals surface area contributed by atoms with Crippen LogP contribution in [0.2, 0.25) is 0 Å². The van der Waals surface area contributed by atoms with Gasteiger partial charge < -0.3 is 10.1 Å². The van der Waals surface area contributed by atoms with Crippen molar-refractivity contribution < 1.29 is 4.74 Å². The van der Waals surface area contributed by atoms with Gasteiger partial charge in [0, 0.05) is 25.2 Å². The fourth-order valence-corrected chi connectivity index (χ4v) is 0.894. The maximum absolute atomic E-state index is 5.50. The summed E-state index contributed by atoms with van der Waals surface area (Å²) >= 11 is 5.50. The topological polar surface area (TPSA) is 21.3 Å². The Bertz CT molecular complexity index is 137. The standard InChI is InChI=1S/C10H20ClNO/c1-3-4-6-13-7-5-12-9-10(2)8-11/h8,12H,3-7,9H2,1-2H3. The van der Waals surface area contributed by atoms with Crippen LogP contribution >= 0.6 is 11.6 Å². The predicted molar refractivity (Wildman–Crippen MR) is 58.2 cm³/mol. The van der Waals surface area contributed by atoms with Crippen LogP contribution in [0.3, 0.4) is 0 Å². The lowest BCUT2D eigenvalue weighted by molar-refractivity contribution is 0.133. The second-order valence-electron chi connectivity index (χ2n) is 3.10. The molecule has 0 unspecified atom stereocenters. The van der Waals surface area contributed by atoms with E-state index in [0.29, 0.717) is 0 Å². The number of hydrogen-bond acceptors (Lipinski definition) is 2. The Balaban J connectivity index is 3.00. The normalized spacial score (nSPS) is 12.1. The smallest absolute Gasteiger partial charge is 0.0591 e. The molecule has 0 rings (SSSR count). The van der Waals surface area contributed by atoms with Crippen LogP contribution in [0.15, 0.2) is 11.1 Å². The Morgan fingerprint density at radius 1 is 1.46 bits per heavy atom. The molecule has 0 bridgehead atoms. The van der Waals surface area contributed by atoms with E-state index in [1.54, 1.807) is 5.54 Å². The molecule has 0 aliphatic carbocycles. The third-order valence-corrected chi connectivity index (χ3v) is 2.03. The fraction of sp³-hybridized carbons (Fsp3) is 0.800. The summed E-state index contributed by atoms with van der Waals surface area (Å²) in [6, 6.07) is 0. The highest BCUT2D eigenvalue weighted by Crippen LogP contribution is 1.91. The fourth-order valence-electron chi connectivity index (χ4n) is 0.817. The van der Waals surface area contributed by atoms with Gasteiger partial charge in [-0.2, -0.15) is 0 Å². The van der Waals surface area contributed by atoms with Crippen LogP contribution in [-0.2, 0) is 4.74 Å². The summed E-state index contributed by atoms with van der Waals surface area (Å²) in [6.07, 6.45) is 2.35. The molecular formula is C10H20ClNO. The largest absolute Gasteiger partial charge is 0.380 e. The van der Waals surface area contributed by atoms with Gasteiger partial charge in [0.15, 0.2) is 0 Å². The second kappa shape index (κ2) is 10.0. The second-order valence-corrected chi connectivity index (χ2v) is 3.32. The van der Waals surface area contributed by atoms with Crippen molar-refractivity contribution in [1.29, 1.82) is 0 Å². The molecule has 0 spiro atoms.